The van der Waals surface area contributed by atoms with Crippen LogP contribution in [0.1, 0.15) is 125 Å². The maximum absolute atomic E-state index is 13.4. The van der Waals surface area contributed by atoms with Crippen LogP contribution in [0, 0.1) is 0 Å². The van der Waals surface area contributed by atoms with E-state index in [2.05, 4.69) is 56.8 Å². The van der Waals surface area contributed by atoms with Crippen molar-refractivity contribution in [2.75, 3.05) is 33.5 Å². The standard InChI is InChI=1S/C26H33ClF3N7O2.C18H32N6O2/c1-15(39-24(38)36-25(2,3)4)9-10-37-21-20(14-31-22(35-21)32-18-7-5-6-8-18)34-23(37)33-19-12-16(26(28,29)30)11-17(27)13-19;1-12(26-17(25)24-18(2,3)4)9-10-20-15-14(19)11-21-16(23-15)22-13-7-5-6-8-13/h11-15,18H,5-10H2,1-4H3,(H,33,34)(H,36,38)(H,31,32,35);11-13H,5-10,19H2,1-4H3,(H,24,25)(H2,20,21,22,23). The van der Waals surface area contributed by atoms with Crippen molar-refractivity contribution in [1.29, 1.82) is 0 Å². The second kappa shape index (κ2) is 22.1. The Morgan fingerprint density at radius 1 is 0.800 bits per heavy atom. The lowest BCUT2D eigenvalue weighted by Gasteiger charge is -2.22. The molecule has 21 heteroatoms. The molecule has 0 saturated heterocycles. The normalized spacial score (nSPS) is 15.7. The van der Waals surface area contributed by atoms with Crippen LogP contribution in [0.5, 0.6) is 0 Å². The first-order valence-electron chi connectivity index (χ1n) is 22.2. The summed E-state index contributed by atoms with van der Waals surface area (Å²) in [6, 6.07) is 3.96. The van der Waals surface area contributed by atoms with Crippen molar-refractivity contribution >= 4 is 70.0 Å². The molecule has 8 N–H and O–H groups in total. The number of alkyl halides is 3. The number of imidazole rings is 1. The van der Waals surface area contributed by atoms with Crippen LogP contribution in [0.2, 0.25) is 5.02 Å². The minimum Gasteiger partial charge on any atom is -0.446 e. The van der Waals surface area contributed by atoms with E-state index in [4.69, 9.17) is 26.8 Å². The SMILES string of the molecule is CC(CCNc1nc(NC2CCCC2)ncc1N)OC(=O)NC(C)(C)C.CC(CCn1c(Nc2cc(Cl)cc(C(F)(F)F)c2)nc2cnc(NC3CCCC3)nc21)OC(=O)NC(C)(C)C. The van der Waals surface area contributed by atoms with E-state index in [0.29, 0.717) is 72.6 Å². The zero-order valence-corrected chi connectivity index (χ0v) is 39.3. The van der Waals surface area contributed by atoms with E-state index in [1.54, 1.807) is 23.9 Å². The minimum absolute atomic E-state index is 0.0651. The van der Waals surface area contributed by atoms with Gasteiger partial charge in [0.15, 0.2) is 11.5 Å². The van der Waals surface area contributed by atoms with Crippen LogP contribution in [-0.4, -0.2) is 83.6 Å². The average Bonchev–Trinajstić information content (AvgIpc) is 3.96. The third-order valence-electron chi connectivity index (χ3n) is 10.3. The molecule has 2 amide bonds. The summed E-state index contributed by atoms with van der Waals surface area (Å²) >= 11 is 5.99. The molecule has 65 heavy (non-hydrogen) atoms. The van der Waals surface area contributed by atoms with E-state index in [0.717, 1.165) is 50.7 Å². The fourth-order valence-electron chi connectivity index (χ4n) is 7.22. The topological polar surface area (TPSA) is 220 Å². The van der Waals surface area contributed by atoms with E-state index in [-0.39, 0.29) is 28.3 Å². The van der Waals surface area contributed by atoms with Gasteiger partial charge in [0.1, 0.15) is 17.7 Å². The van der Waals surface area contributed by atoms with Crippen molar-refractivity contribution in [3.8, 4) is 0 Å². The lowest BCUT2D eigenvalue weighted by molar-refractivity contribution is -0.137. The van der Waals surface area contributed by atoms with Crippen LogP contribution in [0.4, 0.5) is 57.8 Å². The number of nitrogens with zero attached hydrogens (tertiary/aromatic N) is 6. The predicted octanol–water partition coefficient (Wildman–Crippen LogP) is 10.0. The van der Waals surface area contributed by atoms with Crippen molar-refractivity contribution < 1.29 is 32.2 Å². The van der Waals surface area contributed by atoms with Crippen molar-refractivity contribution in [2.45, 2.75) is 168 Å². The third kappa shape index (κ3) is 16.8. The molecule has 2 aliphatic rings. The molecular formula is C44H65ClF3N13O4. The highest BCUT2D eigenvalue weighted by Crippen LogP contribution is 2.35. The van der Waals surface area contributed by atoms with E-state index in [1.807, 2.05) is 48.5 Å². The van der Waals surface area contributed by atoms with Crippen LogP contribution in [0.25, 0.3) is 11.2 Å². The molecule has 358 valence electrons. The van der Waals surface area contributed by atoms with Gasteiger partial charge in [0.05, 0.1) is 23.6 Å². The monoisotopic (exact) mass is 931 g/mol. The van der Waals surface area contributed by atoms with Gasteiger partial charge in [-0.15, -0.1) is 0 Å². The number of alkyl carbamates (subject to hydrolysis) is 2. The lowest BCUT2D eigenvalue weighted by atomic mass is 10.1. The number of carbonyl (C=O) groups excluding carboxylic acids is 2. The largest absolute Gasteiger partial charge is 0.446 e. The van der Waals surface area contributed by atoms with Gasteiger partial charge in [-0.25, -0.2) is 24.5 Å². The van der Waals surface area contributed by atoms with Crippen molar-refractivity contribution in [3.63, 3.8) is 0 Å². The Hall–Kier alpha value is -5.53. The molecule has 4 aromatic rings. The van der Waals surface area contributed by atoms with Gasteiger partial charge < -0.3 is 47.1 Å². The molecular weight excluding hydrogens is 867 g/mol. The van der Waals surface area contributed by atoms with E-state index < -0.39 is 35.6 Å². The molecule has 2 fully saturated rings. The van der Waals surface area contributed by atoms with Crippen LogP contribution < -0.4 is 37.6 Å². The minimum atomic E-state index is -4.56. The van der Waals surface area contributed by atoms with Crippen LogP contribution in [0.3, 0.4) is 0 Å². The zero-order chi connectivity index (χ0) is 47.5. The maximum Gasteiger partial charge on any atom is 0.416 e. The molecule has 2 unspecified atom stereocenters. The number of halogens is 4. The first kappa shape index (κ1) is 50.5. The Kier molecular flexibility index (Phi) is 17.2. The van der Waals surface area contributed by atoms with Gasteiger partial charge in [-0.05, 0) is 99.3 Å². The predicted molar refractivity (Wildman–Crippen MR) is 249 cm³/mol. The number of benzene rings is 1. The summed E-state index contributed by atoms with van der Waals surface area (Å²) in [6.07, 6.45) is 7.23. The fraction of sp³-hybridized carbons (Fsp3) is 0.614. The van der Waals surface area contributed by atoms with Crippen LogP contribution in [0.15, 0.2) is 30.6 Å². The summed E-state index contributed by atoms with van der Waals surface area (Å²) in [7, 11) is 0. The number of ether oxygens (including phenoxy) is 2. The molecule has 6 rings (SSSR count). The smallest absolute Gasteiger partial charge is 0.416 e. The van der Waals surface area contributed by atoms with Gasteiger partial charge in [-0.2, -0.15) is 23.1 Å². The number of anilines is 6. The second-order valence-corrected chi connectivity index (χ2v) is 19.2. The number of nitrogens with one attached hydrogen (secondary N) is 6. The number of amides is 2. The summed E-state index contributed by atoms with van der Waals surface area (Å²) in [6.45, 7) is 15.8. The highest BCUT2D eigenvalue weighted by molar-refractivity contribution is 6.31. The van der Waals surface area contributed by atoms with Gasteiger partial charge in [-0.1, -0.05) is 37.3 Å². The number of hydrogen-bond donors (Lipinski definition) is 7. The number of carbonyl (C=O) groups is 2. The molecule has 2 atom stereocenters. The summed E-state index contributed by atoms with van der Waals surface area (Å²) in [5.41, 5.74) is 5.90. The molecule has 0 bridgehead atoms. The van der Waals surface area contributed by atoms with Crippen LogP contribution >= 0.6 is 11.6 Å². The molecule has 17 nitrogen and oxygen atoms in total. The Morgan fingerprint density at radius 3 is 1.89 bits per heavy atom. The first-order chi connectivity index (χ1) is 30.5. The average molecular weight is 933 g/mol. The number of nitrogen functional groups attached to an aromatic ring is 1. The summed E-state index contributed by atoms with van der Waals surface area (Å²) < 4.78 is 52.7. The summed E-state index contributed by atoms with van der Waals surface area (Å²) in [4.78, 5) is 46.3. The van der Waals surface area contributed by atoms with Crippen molar-refractivity contribution in [2.24, 2.45) is 0 Å². The molecule has 2 saturated carbocycles. The van der Waals surface area contributed by atoms with E-state index in [9.17, 15) is 22.8 Å². The Balaban J connectivity index is 0.000000265. The van der Waals surface area contributed by atoms with Crippen LogP contribution in [-0.2, 0) is 22.2 Å². The first-order valence-corrected chi connectivity index (χ1v) is 22.6. The number of nitrogens with two attached hydrogens (primary N) is 1. The van der Waals surface area contributed by atoms with E-state index in [1.165, 1.54) is 18.9 Å². The van der Waals surface area contributed by atoms with Crippen molar-refractivity contribution in [1.82, 2.24) is 40.1 Å². The molecule has 0 radical (unpaired) electrons. The van der Waals surface area contributed by atoms with Gasteiger partial charge in [0.25, 0.3) is 0 Å². The zero-order valence-electron chi connectivity index (χ0n) is 38.6. The number of aryl methyl sites for hydroxylation is 1. The van der Waals surface area contributed by atoms with Gasteiger partial charge >= 0.3 is 18.4 Å². The molecule has 3 heterocycles. The number of rotatable bonds is 15. The third-order valence-corrected chi connectivity index (χ3v) is 10.6. The molecule has 0 spiro atoms. The molecule has 0 aliphatic heterocycles. The Bertz CT molecular complexity index is 2200. The van der Waals surface area contributed by atoms with Gasteiger partial charge in [0, 0.05) is 59.8 Å². The summed E-state index contributed by atoms with van der Waals surface area (Å²) in [5, 5.41) is 18.4. The van der Waals surface area contributed by atoms with Gasteiger partial charge in [-0.3, -0.25) is 4.57 Å². The molecule has 3 aromatic heterocycles. The fourth-order valence-corrected chi connectivity index (χ4v) is 7.45. The number of fused-ring (bicyclic) bond motifs is 1. The highest BCUT2D eigenvalue weighted by atomic mass is 35.5. The number of hydrogen-bond acceptors (Lipinski definition) is 14. The van der Waals surface area contributed by atoms with Crippen molar-refractivity contribution in [3.05, 3.63) is 41.2 Å². The van der Waals surface area contributed by atoms with Gasteiger partial charge in [0.2, 0.25) is 17.8 Å². The summed E-state index contributed by atoms with van der Waals surface area (Å²) in [5.74, 6) is 1.92. The lowest BCUT2D eigenvalue weighted by Crippen LogP contribution is -2.42. The number of aromatic nitrogens is 6. The van der Waals surface area contributed by atoms with E-state index >= 15 is 0 Å². The second-order valence-electron chi connectivity index (χ2n) is 18.8. The quantitative estimate of drug-likeness (QED) is 0.0590. The Labute approximate surface area is 383 Å². The Morgan fingerprint density at radius 2 is 1.34 bits per heavy atom. The molecule has 2 aliphatic carbocycles. The highest BCUT2D eigenvalue weighted by Gasteiger charge is 2.31. The molecule has 1 aromatic carbocycles. The maximum atomic E-state index is 13.4.